The van der Waals surface area contributed by atoms with Crippen LogP contribution in [0.15, 0.2) is 0 Å². The van der Waals surface area contributed by atoms with E-state index in [1.165, 1.54) is 32.1 Å². The van der Waals surface area contributed by atoms with Crippen LogP contribution < -0.4 is 5.32 Å². The van der Waals surface area contributed by atoms with Crippen LogP contribution in [0, 0.1) is 11.8 Å². The van der Waals surface area contributed by atoms with Gasteiger partial charge in [0.1, 0.15) is 0 Å². The second-order valence-electron chi connectivity index (χ2n) is 8.39. The van der Waals surface area contributed by atoms with Crippen molar-refractivity contribution in [1.82, 2.24) is 15.1 Å². The van der Waals surface area contributed by atoms with Gasteiger partial charge in [0.25, 0.3) is 0 Å². The highest BCUT2D eigenvalue weighted by Gasteiger charge is 2.44. The third kappa shape index (κ3) is 3.82. The molecule has 25 heavy (non-hydrogen) atoms. The van der Waals surface area contributed by atoms with E-state index in [-0.39, 0.29) is 29.7 Å². The number of hydrogen-bond donors (Lipinski definition) is 1. The Balaban J connectivity index is 1.22. The lowest BCUT2D eigenvalue weighted by atomic mass is 9.86. The van der Waals surface area contributed by atoms with E-state index in [4.69, 9.17) is 0 Å². The van der Waals surface area contributed by atoms with Crippen molar-refractivity contribution in [2.75, 3.05) is 19.6 Å². The minimum atomic E-state index is -0.208. The molecule has 4 rings (SSSR count). The van der Waals surface area contributed by atoms with Gasteiger partial charge < -0.3 is 15.1 Å². The first kappa shape index (κ1) is 16.9. The summed E-state index contributed by atoms with van der Waals surface area (Å²) < 4.78 is 0. The minimum absolute atomic E-state index is 0.0305. The molecule has 0 bridgehead atoms. The first-order valence-corrected chi connectivity index (χ1v) is 9.98. The van der Waals surface area contributed by atoms with Crippen LogP contribution in [-0.4, -0.2) is 59.2 Å². The topological polar surface area (TPSA) is 69.7 Å². The average Bonchev–Trinajstić information content (AvgIpc) is 3.28. The SMILES string of the molecule is O=C(NC1CC1)C1CC(=O)N(C2CN(C(=O)CC3CCCCC3)C2)C1. The summed E-state index contributed by atoms with van der Waals surface area (Å²) in [5.74, 6) is 0.699. The van der Waals surface area contributed by atoms with Crippen LogP contribution in [0.3, 0.4) is 0 Å². The predicted molar refractivity (Wildman–Crippen MR) is 92.5 cm³/mol. The van der Waals surface area contributed by atoms with Gasteiger partial charge in [-0.3, -0.25) is 14.4 Å². The van der Waals surface area contributed by atoms with Crippen molar-refractivity contribution in [3.63, 3.8) is 0 Å². The van der Waals surface area contributed by atoms with Gasteiger partial charge in [0.2, 0.25) is 17.7 Å². The number of hydrogen-bond acceptors (Lipinski definition) is 3. The lowest BCUT2D eigenvalue weighted by Crippen LogP contribution is -2.61. The smallest absolute Gasteiger partial charge is 0.225 e. The molecule has 0 aromatic carbocycles. The van der Waals surface area contributed by atoms with E-state index in [2.05, 4.69) is 5.32 Å². The predicted octanol–water partition coefficient (Wildman–Crippen LogP) is 1.29. The molecule has 3 amide bonds. The maximum absolute atomic E-state index is 12.4. The zero-order valence-electron chi connectivity index (χ0n) is 14.9. The van der Waals surface area contributed by atoms with Gasteiger partial charge in [-0.1, -0.05) is 19.3 Å². The normalized spacial score (nSPS) is 28.2. The third-order valence-corrected chi connectivity index (χ3v) is 6.30. The maximum Gasteiger partial charge on any atom is 0.225 e. The maximum atomic E-state index is 12.4. The van der Waals surface area contributed by atoms with Gasteiger partial charge in [-0.2, -0.15) is 0 Å². The highest BCUT2D eigenvalue weighted by molar-refractivity contribution is 5.90. The summed E-state index contributed by atoms with van der Waals surface area (Å²) in [6.07, 6.45) is 9.33. The zero-order chi connectivity index (χ0) is 17.4. The standard InChI is InChI=1S/C19H29N3O3/c23-17(8-13-4-2-1-3-5-13)21-11-16(12-21)22-10-14(9-18(22)24)19(25)20-15-6-7-15/h13-16H,1-12H2,(H,20,25). The third-order valence-electron chi connectivity index (χ3n) is 6.30. The molecule has 4 fully saturated rings. The van der Waals surface area contributed by atoms with Crippen molar-refractivity contribution in [2.45, 2.75) is 69.9 Å². The van der Waals surface area contributed by atoms with Gasteiger partial charge in [0, 0.05) is 38.5 Å². The molecule has 0 aromatic heterocycles. The fourth-order valence-corrected chi connectivity index (χ4v) is 4.43. The number of nitrogens with zero attached hydrogens (tertiary/aromatic N) is 2. The van der Waals surface area contributed by atoms with Crippen LogP contribution in [0.1, 0.15) is 57.8 Å². The molecule has 2 heterocycles. The van der Waals surface area contributed by atoms with Crippen molar-refractivity contribution in [3.05, 3.63) is 0 Å². The first-order chi connectivity index (χ1) is 12.1. The van der Waals surface area contributed by atoms with Crippen LogP contribution >= 0.6 is 0 Å². The molecule has 6 heteroatoms. The second-order valence-corrected chi connectivity index (χ2v) is 8.39. The Morgan fingerprint density at radius 3 is 2.40 bits per heavy atom. The number of rotatable bonds is 5. The molecule has 0 spiro atoms. The summed E-state index contributed by atoms with van der Waals surface area (Å²) in [4.78, 5) is 40.5. The summed E-state index contributed by atoms with van der Waals surface area (Å²) in [6, 6.07) is 0.454. The lowest BCUT2D eigenvalue weighted by Gasteiger charge is -2.44. The summed E-state index contributed by atoms with van der Waals surface area (Å²) >= 11 is 0. The van der Waals surface area contributed by atoms with Crippen molar-refractivity contribution in [2.24, 2.45) is 11.8 Å². The van der Waals surface area contributed by atoms with Crippen LogP contribution in [0.4, 0.5) is 0 Å². The van der Waals surface area contributed by atoms with Crippen molar-refractivity contribution in [3.8, 4) is 0 Å². The molecule has 1 unspecified atom stereocenters. The van der Waals surface area contributed by atoms with E-state index in [1.54, 1.807) is 0 Å². The molecule has 6 nitrogen and oxygen atoms in total. The highest BCUT2D eigenvalue weighted by atomic mass is 16.2. The fourth-order valence-electron chi connectivity index (χ4n) is 4.43. The largest absolute Gasteiger partial charge is 0.353 e. The van der Waals surface area contributed by atoms with Crippen LogP contribution in [0.5, 0.6) is 0 Å². The van der Waals surface area contributed by atoms with Crippen molar-refractivity contribution in [1.29, 1.82) is 0 Å². The summed E-state index contributed by atoms with van der Waals surface area (Å²) in [5, 5.41) is 3.00. The van der Waals surface area contributed by atoms with Gasteiger partial charge in [0.15, 0.2) is 0 Å². The Labute approximate surface area is 149 Å². The van der Waals surface area contributed by atoms with Crippen LogP contribution in [-0.2, 0) is 14.4 Å². The molecular formula is C19H29N3O3. The molecule has 2 saturated carbocycles. The minimum Gasteiger partial charge on any atom is -0.353 e. The molecule has 0 aromatic rings. The molecule has 1 atom stereocenters. The zero-order valence-corrected chi connectivity index (χ0v) is 14.9. The van der Waals surface area contributed by atoms with E-state index >= 15 is 0 Å². The van der Waals surface area contributed by atoms with Gasteiger partial charge in [-0.25, -0.2) is 0 Å². The second kappa shape index (κ2) is 6.96. The fraction of sp³-hybridized carbons (Fsp3) is 0.842. The quantitative estimate of drug-likeness (QED) is 0.815. The van der Waals surface area contributed by atoms with Crippen LogP contribution in [0.25, 0.3) is 0 Å². The van der Waals surface area contributed by atoms with Gasteiger partial charge >= 0.3 is 0 Å². The lowest BCUT2D eigenvalue weighted by molar-refractivity contribution is -0.145. The molecule has 4 aliphatic rings. The first-order valence-electron chi connectivity index (χ1n) is 9.98. The Morgan fingerprint density at radius 2 is 1.72 bits per heavy atom. The Hall–Kier alpha value is -1.59. The number of carbonyl (C=O) groups is 3. The number of carbonyl (C=O) groups excluding carboxylic acids is 3. The Bertz CT molecular complexity index is 548. The number of likely N-dealkylation sites (tertiary alicyclic amines) is 2. The summed E-state index contributed by atoms with van der Waals surface area (Å²) in [5.41, 5.74) is 0. The molecule has 2 aliphatic carbocycles. The van der Waals surface area contributed by atoms with Gasteiger partial charge in [-0.05, 0) is 31.6 Å². The summed E-state index contributed by atoms with van der Waals surface area (Å²) in [7, 11) is 0. The Morgan fingerprint density at radius 1 is 1.00 bits per heavy atom. The van der Waals surface area contributed by atoms with E-state index in [1.807, 2.05) is 9.80 Å². The number of nitrogens with one attached hydrogen (secondary N) is 1. The molecule has 138 valence electrons. The molecule has 0 radical (unpaired) electrons. The highest BCUT2D eigenvalue weighted by Crippen LogP contribution is 2.30. The van der Waals surface area contributed by atoms with Crippen LogP contribution in [0.2, 0.25) is 0 Å². The van der Waals surface area contributed by atoms with Crippen molar-refractivity contribution >= 4 is 17.7 Å². The molecule has 1 N–H and O–H groups in total. The molecular weight excluding hydrogens is 318 g/mol. The summed E-state index contributed by atoms with van der Waals surface area (Å²) in [6.45, 7) is 1.81. The molecule has 2 saturated heterocycles. The average molecular weight is 347 g/mol. The van der Waals surface area contributed by atoms with E-state index in [0.29, 0.717) is 44.4 Å². The number of amides is 3. The van der Waals surface area contributed by atoms with E-state index in [9.17, 15) is 14.4 Å². The van der Waals surface area contributed by atoms with E-state index < -0.39 is 0 Å². The van der Waals surface area contributed by atoms with Gasteiger partial charge in [-0.15, -0.1) is 0 Å². The van der Waals surface area contributed by atoms with Crippen molar-refractivity contribution < 1.29 is 14.4 Å². The monoisotopic (exact) mass is 347 g/mol. The molecule has 2 aliphatic heterocycles. The van der Waals surface area contributed by atoms with Gasteiger partial charge in [0.05, 0.1) is 12.0 Å². The van der Waals surface area contributed by atoms with E-state index in [0.717, 1.165) is 12.8 Å². The Kier molecular flexibility index (Phi) is 4.69.